The molecule has 0 atom stereocenters. The Morgan fingerprint density at radius 3 is 2.67 bits per heavy atom. The number of pyridine rings is 1. The standard InChI is InChI=1S/C21H24N4O2/c1-15-6-4-7-19(12-15)27-11-5-10-22-21(26)18-8-9-20(23-14-18)25-17(3)13-16(2)24-25/h4,6-9,12-14H,5,10-11H2,1-3H3,(H,22,26). The number of rotatable bonds is 7. The van der Waals surface area contributed by atoms with E-state index < -0.39 is 0 Å². The normalized spacial score (nSPS) is 10.6. The van der Waals surface area contributed by atoms with Crippen molar-refractivity contribution in [3.8, 4) is 11.6 Å². The molecule has 140 valence electrons. The van der Waals surface area contributed by atoms with Gasteiger partial charge in [0.15, 0.2) is 5.82 Å². The van der Waals surface area contributed by atoms with Crippen molar-refractivity contribution in [1.29, 1.82) is 0 Å². The van der Waals surface area contributed by atoms with Crippen LogP contribution in [-0.4, -0.2) is 33.8 Å². The lowest BCUT2D eigenvalue weighted by molar-refractivity contribution is 0.0951. The smallest absolute Gasteiger partial charge is 0.252 e. The van der Waals surface area contributed by atoms with E-state index >= 15 is 0 Å². The summed E-state index contributed by atoms with van der Waals surface area (Å²) in [6, 6.07) is 13.5. The maximum Gasteiger partial charge on any atom is 0.252 e. The second kappa shape index (κ2) is 8.49. The van der Waals surface area contributed by atoms with Crippen LogP contribution in [0.1, 0.15) is 33.7 Å². The lowest BCUT2D eigenvalue weighted by atomic mass is 10.2. The number of aromatic nitrogens is 3. The maximum absolute atomic E-state index is 12.2. The third-order valence-electron chi connectivity index (χ3n) is 4.10. The molecule has 27 heavy (non-hydrogen) atoms. The number of hydrogen-bond donors (Lipinski definition) is 1. The molecule has 3 aromatic rings. The largest absolute Gasteiger partial charge is 0.494 e. The lowest BCUT2D eigenvalue weighted by Crippen LogP contribution is -2.25. The number of amides is 1. The molecule has 2 aromatic heterocycles. The molecule has 0 aliphatic heterocycles. The van der Waals surface area contributed by atoms with Gasteiger partial charge in [-0.2, -0.15) is 5.10 Å². The average Bonchev–Trinajstić information content (AvgIpc) is 2.99. The van der Waals surface area contributed by atoms with Gasteiger partial charge in [0.1, 0.15) is 5.75 Å². The second-order valence-corrected chi connectivity index (χ2v) is 6.52. The Kier molecular flexibility index (Phi) is 5.86. The molecule has 6 nitrogen and oxygen atoms in total. The van der Waals surface area contributed by atoms with Crippen LogP contribution in [0.25, 0.3) is 5.82 Å². The van der Waals surface area contributed by atoms with E-state index in [1.165, 1.54) is 0 Å². The van der Waals surface area contributed by atoms with Crippen molar-refractivity contribution in [3.05, 3.63) is 71.2 Å². The number of benzene rings is 1. The van der Waals surface area contributed by atoms with E-state index in [1.807, 2.05) is 51.1 Å². The van der Waals surface area contributed by atoms with E-state index in [9.17, 15) is 4.79 Å². The van der Waals surface area contributed by atoms with Crippen molar-refractivity contribution in [1.82, 2.24) is 20.1 Å². The predicted octanol–water partition coefficient (Wildman–Crippen LogP) is 3.39. The summed E-state index contributed by atoms with van der Waals surface area (Å²) in [7, 11) is 0. The highest BCUT2D eigenvalue weighted by Gasteiger charge is 2.08. The van der Waals surface area contributed by atoms with Crippen molar-refractivity contribution < 1.29 is 9.53 Å². The van der Waals surface area contributed by atoms with Crippen molar-refractivity contribution in [2.75, 3.05) is 13.2 Å². The third-order valence-corrected chi connectivity index (χ3v) is 4.10. The van der Waals surface area contributed by atoms with Gasteiger partial charge in [0, 0.05) is 18.4 Å². The number of hydrogen-bond acceptors (Lipinski definition) is 4. The molecule has 0 aliphatic rings. The average molecular weight is 364 g/mol. The van der Waals surface area contributed by atoms with Crippen LogP contribution in [0.15, 0.2) is 48.7 Å². The fourth-order valence-corrected chi connectivity index (χ4v) is 2.78. The van der Waals surface area contributed by atoms with Gasteiger partial charge >= 0.3 is 0 Å². The molecular weight excluding hydrogens is 340 g/mol. The van der Waals surface area contributed by atoms with Crippen LogP contribution in [0.3, 0.4) is 0 Å². The van der Waals surface area contributed by atoms with Gasteiger partial charge < -0.3 is 10.1 Å². The quantitative estimate of drug-likeness (QED) is 0.653. The predicted molar refractivity (Wildman–Crippen MR) is 104 cm³/mol. The van der Waals surface area contributed by atoms with Gasteiger partial charge in [-0.1, -0.05) is 12.1 Å². The summed E-state index contributed by atoms with van der Waals surface area (Å²) < 4.78 is 7.44. The van der Waals surface area contributed by atoms with E-state index in [0.29, 0.717) is 24.5 Å². The van der Waals surface area contributed by atoms with E-state index in [0.717, 1.165) is 29.1 Å². The van der Waals surface area contributed by atoms with Crippen LogP contribution in [0.2, 0.25) is 0 Å². The van der Waals surface area contributed by atoms with Gasteiger partial charge in [0.25, 0.3) is 5.91 Å². The van der Waals surface area contributed by atoms with E-state index in [2.05, 4.69) is 15.4 Å². The maximum atomic E-state index is 12.2. The Hall–Kier alpha value is -3.15. The Morgan fingerprint density at radius 2 is 2.00 bits per heavy atom. The summed E-state index contributed by atoms with van der Waals surface area (Å²) in [4.78, 5) is 16.6. The van der Waals surface area contributed by atoms with Gasteiger partial charge in [0.05, 0.1) is 17.9 Å². The number of aryl methyl sites for hydroxylation is 3. The van der Waals surface area contributed by atoms with Gasteiger partial charge in [-0.3, -0.25) is 4.79 Å². The van der Waals surface area contributed by atoms with Crippen molar-refractivity contribution in [2.24, 2.45) is 0 Å². The highest BCUT2D eigenvalue weighted by Crippen LogP contribution is 2.12. The molecule has 0 unspecified atom stereocenters. The zero-order valence-corrected chi connectivity index (χ0v) is 15.9. The lowest BCUT2D eigenvalue weighted by Gasteiger charge is -2.08. The number of carbonyl (C=O) groups is 1. The molecule has 1 aromatic carbocycles. The molecular formula is C21H24N4O2. The molecule has 6 heteroatoms. The second-order valence-electron chi connectivity index (χ2n) is 6.52. The van der Waals surface area contributed by atoms with Crippen LogP contribution in [0.5, 0.6) is 5.75 Å². The van der Waals surface area contributed by atoms with Crippen LogP contribution < -0.4 is 10.1 Å². The molecule has 3 rings (SSSR count). The molecule has 0 radical (unpaired) electrons. The molecule has 0 bridgehead atoms. The topological polar surface area (TPSA) is 69.0 Å². The first-order valence-electron chi connectivity index (χ1n) is 9.00. The Labute approximate surface area is 159 Å². The fraction of sp³-hybridized carbons (Fsp3) is 0.286. The summed E-state index contributed by atoms with van der Waals surface area (Å²) in [6.45, 7) is 7.04. The molecule has 0 fully saturated rings. The van der Waals surface area contributed by atoms with E-state index in [-0.39, 0.29) is 5.91 Å². The number of carbonyl (C=O) groups excluding carboxylic acids is 1. The fourth-order valence-electron chi connectivity index (χ4n) is 2.78. The molecule has 0 saturated heterocycles. The minimum atomic E-state index is -0.141. The number of nitrogens with one attached hydrogen (secondary N) is 1. The Balaban J connectivity index is 1.46. The minimum absolute atomic E-state index is 0.141. The summed E-state index contributed by atoms with van der Waals surface area (Å²) in [5.41, 5.74) is 3.63. The van der Waals surface area contributed by atoms with Crippen LogP contribution >= 0.6 is 0 Å². The van der Waals surface area contributed by atoms with E-state index in [4.69, 9.17) is 4.74 Å². The first kappa shape index (κ1) is 18.6. The zero-order chi connectivity index (χ0) is 19.2. The minimum Gasteiger partial charge on any atom is -0.494 e. The van der Waals surface area contributed by atoms with Gasteiger partial charge in [-0.05, 0) is 63.1 Å². The van der Waals surface area contributed by atoms with Crippen LogP contribution in [0.4, 0.5) is 0 Å². The number of ether oxygens (including phenoxy) is 1. The molecule has 2 heterocycles. The molecule has 0 saturated carbocycles. The summed E-state index contributed by atoms with van der Waals surface area (Å²) >= 11 is 0. The molecule has 1 N–H and O–H groups in total. The molecule has 1 amide bonds. The van der Waals surface area contributed by atoms with E-state index in [1.54, 1.807) is 23.0 Å². The van der Waals surface area contributed by atoms with Gasteiger partial charge in [-0.25, -0.2) is 9.67 Å². The monoisotopic (exact) mass is 364 g/mol. The highest BCUT2D eigenvalue weighted by molar-refractivity contribution is 5.93. The number of nitrogens with zero attached hydrogens (tertiary/aromatic N) is 3. The SMILES string of the molecule is Cc1cccc(OCCCNC(=O)c2ccc(-n3nc(C)cc3C)nc2)c1. The highest BCUT2D eigenvalue weighted by atomic mass is 16.5. The van der Waals surface area contributed by atoms with Crippen molar-refractivity contribution in [2.45, 2.75) is 27.2 Å². The summed E-state index contributed by atoms with van der Waals surface area (Å²) in [6.07, 6.45) is 2.31. The molecule has 0 spiro atoms. The van der Waals surface area contributed by atoms with Gasteiger partial charge in [-0.15, -0.1) is 0 Å². The van der Waals surface area contributed by atoms with Crippen molar-refractivity contribution >= 4 is 5.91 Å². The first-order valence-corrected chi connectivity index (χ1v) is 9.00. The summed E-state index contributed by atoms with van der Waals surface area (Å²) in [5, 5.41) is 7.29. The van der Waals surface area contributed by atoms with Crippen molar-refractivity contribution in [3.63, 3.8) is 0 Å². The van der Waals surface area contributed by atoms with Crippen LogP contribution in [0, 0.1) is 20.8 Å². The third kappa shape index (κ3) is 4.94. The Bertz CT molecular complexity index is 916. The Morgan fingerprint density at radius 1 is 1.15 bits per heavy atom. The zero-order valence-electron chi connectivity index (χ0n) is 15.9. The van der Waals surface area contributed by atoms with Crippen LogP contribution in [-0.2, 0) is 0 Å². The molecule has 0 aliphatic carbocycles. The first-order chi connectivity index (χ1) is 13.0. The summed E-state index contributed by atoms with van der Waals surface area (Å²) in [5.74, 6) is 1.41. The van der Waals surface area contributed by atoms with Gasteiger partial charge in [0.2, 0.25) is 0 Å².